The van der Waals surface area contributed by atoms with E-state index in [0.717, 1.165) is 120 Å². The number of hydrogen-bond donors (Lipinski definition) is 1. The Morgan fingerprint density at radius 2 is 1.54 bits per heavy atom. The summed E-state index contributed by atoms with van der Waals surface area (Å²) in [7, 11) is 0. The van der Waals surface area contributed by atoms with Crippen LogP contribution in [0.15, 0.2) is 72.8 Å². The van der Waals surface area contributed by atoms with Crippen LogP contribution in [0, 0.1) is 0 Å². The first-order valence-corrected chi connectivity index (χ1v) is 16.9. The molecule has 46 heavy (non-hydrogen) atoms. The predicted octanol–water partition coefficient (Wildman–Crippen LogP) is 8.05. The summed E-state index contributed by atoms with van der Waals surface area (Å²) < 4.78 is 5.61. The summed E-state index contributed by atoms with van der Waals surface area (Å²) in [6.45, 7) is 5.58. The largest absolute Gasteiger partial charge is 0.381 e. The zero-order chi connectivity index (χ0) is 31.2. The van der Waals surface area contributed by atoms with Crippen molar-refractivity contribution in [3.05, 3.63) is 117 Å². The number of anilines is 2. The van der Waals surface area contributed by atoms with Gasteiger partial charge in [0.25, 0.3) is 0 Å². The van der Waals surface area contributed by atoms with Crippen molar-refractivity contribution in [3.8, 4) is 0 Å². The predicted molar refractivity (Wildman–Crippen MR) is 187 cm³/mol. The molecule has 1 aliphatic heterocycles. The molecule has 5 nitrogen and oxygen atoms in total. The van der Waals surface area contributed by atoms with E-state index in [4.69, 9.17) is 4.74 Å². The molecule has 1 heterocycles. The number of Topliss-reactive ketones (excluding diaryl/α,β-unsaturated/α-hetero) is 2. The van der Waals surface area contributed by atoms with E-state index in [1.165, 1.54) is 22.3 Å². The lowest BCUT2D eigenvalue weighted by Gasteiger charge is -2.29. The number of fused-ring (bicyclic) bond motifs is 4. The molecule has 0 spiro atoms. The van der Waals surface area contributed by atoms with E-state index in [1.54, 1.807) is 6.92 Å². The third-order valence-corrected chi connectivity index (χ3v) is 10.4. The van der Waals surface area contributed by atoms with Crippen molar-refractivity contribution in [2.75, 3.05) is 36.5 Å². The second kappa shape index (κ2) is 12.0. The molecule has 3 aliphatic rings. The lowest BCUT2D eigenvalue weighted by molar-refractivity contribution is 0.0991. The minimum Gasteiger partial charge on any atom is -0.381 e. The Kier molecular flexibility index (Phi) is 7.58. The average molecular weight is 609 g/mol. The van der Waals surface area contributed by atoms with Crippen LogP contribution in [-0.2, 0) is 43.4 Å². The van der Waals surface area contributed by atoms with Crippen molar-refractivity contribution in [2.24, 2.45) is 0 Å². The van der Waals surface area contributed by atoms with Crippen LogP contribution in [0.3, 0.4) is 0 Å². The Morgan fingerprint density at radius 1 is 0.761 bits per heavy atom. The van der Waals surface area contributed by atoms with Gasteiger partial charge < -0.3 is 15.0 Å². The van der Waals surface area contributed by atoms with E-state index in [0.29, 0.717) is 13.0 Å². The molecular formula is C41H40N2O3. The fourth-order valence-corrected chi connectivity index (χ4v) is 8.24. The fourth-order valence-electron chi connectivity index (χ4n) is 8.24. The summed E-state index contributed by atoms with van der Waals surface area (Å²) >= 11 is 0. The van der Waals surface area contributed by atoms with Crippen molar-refractivity contribution in [1.82, 2.24) is 0 Å². The number of nitrogens with one attached hydrogen (secondary N) is 1. The maximum atomic E-state index is 14.8. The molecule has 0 radical (unpaired) electrons. The maximum absolute atomic E-state index is 14.8. The number of hydrogen-bond acceptors (Lipinski definition) is 5. The lowest BCUT2D eigenvalue weighted by atomic mass is 9.84. The minimum absolute atomic E-state index is 0.101. The Morgan fingerprint density at radius 3 is 2.37 bits per heavy atom. The summed E-state index contributed by atoms with van der Waals surface area (Å²) in [6, 6.07) is 25.7. The number of aryl methyl sites for hydroxylation is 1. The highest BCUT2D eigenvalue weighted by Gasteiger charge is 2.29. The normalized spacial score (nSPS) is 15.7. The molecular weight excluding hydrogens is 568 g/mol. The van der Waals surface area contributed by atoms with Gasteiger partial charge in [-0.1, -0.05) is 48.5 Å². The number of nitrogens with zero attached hydrogens (tertiary/aromatic N) is 1. The molecule has 0 atom stereocenters. The van der Waals surface area contributed by atoms with Gasteiger partial charge in [-0.15, -0.1) is 0 Å². The molecule has 5 heteroatoms. The second-order valence-electron chi connectivity index (χ2n) is 13.2. The quantitative estimate of drug-likeness (QED) is 0.181. The lowest BCUT2D eigenvalue weighted by Crippen LogP contribution is -2.36. The number of morpholine rings is 1. The first-order valence-electron chi connectivity index (χ1n) is 16.9. The molecule has 8 rings (SSSR count). The van der Waals surface area contributed by atoms with Crippen LogP contribution in [0.1, 0.15) is 73.9 Å². The van der Waals surface area contributed by atoms with Crippen LogP contribution in [0.25, 0.3) is 21.5 Å². The van der Waals surface area contributed by atoms with E-state index >= 15 is 0 Å². The number of ether oxygens (including phenoxy) is 1. The second-order valence-corrected chi connectivity index (χ2v) is 13.2. The summed E-state index contributed by atoms with van der Waals surface area (Å²) in [6.07, 6.45) is 6.23. The maximum Gasteiger partial charge on any atom is 0.168 e. The van der Waals surface area contributed by atoms with Gasteiger partial charge >= 0.3 is 0 Å². The van der Waals surface area contributed by atoms with Crippen LogP contribution in [0.5, 0.6) is 0 Å². The summed E-state index contributed by atoms with van der Waals surface area (Å²) in [5, 5.41) is 7.79. The molecule has 2 aliphatic carbocycles. The smallest absolute Gasteiger partial charge is 0.168 e. The SMILES string of the molecule is CC(=O)c1c2c(c(CC(=O)c3c4c(cc5ccc(N6CCOCC6)cc35)CCC4)c3ccc(NCc4ccccc4)cc13)CCC2. The van der Waals surface area contributed by atoms with Gasteiger partial charge in [0.15, 0.2) is 11.6 Å². The molecule has 0 aromatic heterocycles. The van der Waals surface area contributed by atoms with Gasteiger partial charge in [0.2, 0.25) is 0 Å². The molecule has 1 fully saturated rings. The standard InChI is InChI=1S/C41H40N2O3/c1-26(44)40-35-12-6-11-33(35)37(34-16-14-30(22-38(34)40)42-25-27-7-3-2-4-8-27)24-39(45)41-32-10-5-9-28(32)21-29-13-15-31(23-36(29)41)43-17-19-46-20-18-43/h2-4,7-8,13-16,21-23,42H,5-6,9-12,17-20,24-25H2,1H3. The monoisotopic (exact) mass is 608 g/mol. The first kappa shape index (κ1) is 29.0. The van der Waals surface area contributed by atoms with E-state index in [2.05, 4.69) is 64.8 Å². The molecule has 0 saturated carbocycles. The van der Waals surface area contributed by atoms with Gasteiger partial charge in [0, 0.05) is 48.6 Å². The Bertz CT molecular complexity index is 2010. The summed E-state index contributed by atoms with van der Waals surface area (Å²) in [5.74, 6) is 0.295. The number of carbonyl (C=O) groups is 2. The van der Waals surface area contributed by atoms with Gasteiger partial charge in [0.1, 0.15) is 0 Å². The summed E-state index contributed by atoms with van der Waals surface area (Å²) in [5.41, 5.74) is 11.2. The third kappa shape index (κ3) is 5.17. The van der Waals surface area contributed by atoms with Gasteiger partial charge in [0.05, 0.1) is 13.2 Å². The Labute approximate surface area is 270 Å². The zero-order valence-electron chi connectivity index (χ0n) is 26.6. The Hall–Kier alpha value is -4.48. The van der Waals surface area contributed by atoms with Gasteiger partial charge in [-0.05, 0) is 125 Å². The van der Waals surface area contributed by atoms with Crippen molar-refractivity contribution in [1.29, 1.82) is 0 Å². The zero-order valence-corrected chi connectivity index (χ0v) is 26.6. The molecule has 232 valence electrons. The van der Waals surface area contributed by atoms with E-state index in [9.17, 15) is 9.59 Å². The van der Waals surface area contributed by atoms with E-state index in [-0.39, 0.29) is 11.6 Å². The van der Waals surface area contributed by atoms with E-state index < -0.39 is 0 Å². The Balaban J connectivity index is 1.23. The molecule has 1 N–H and O–H groups in total. The number of carbonyl (C=O) groups excluding carboxylic acids is 2. The van der Waals surface area contributed by atoms with Crippen LogP contribution in [0.4, 0.5) is 11.4 Å². The number of rotatable bonds is 8. The molecule has 0 unspecified atom stereocenters. The minimum atomic E-state index is 0.101. The third-order valence-electron chi connectivity index (χ3n) is 10.4. The van der Waals surface area contributed by atoms with Gasteiger partial charge in [-0.25, -0.2) is 0 Å². The van der Waals surface area contributed by atoms with Crippen LogP contribution in [0.2, 0.25) is 0 Å². The molecule has 0 amide bonds. The van der Waals surface area contributed by atoms with Gasteiger partial charge in [-0.3, -0.25) is 9.59 Å². The summed E-state index contributed by atoms with van der Waals surface area (Å²) in [4.78, 5) is 30.3. The molecule has 1 saturated heterocycles. The van der Waals surface area contributed by atoms with Crippen molar-refractivity contribution in [2.45, 2.75) is 58.4 Å². The number of ketones is 2. The number of benzene rings is 5. The molecule has 5 aromatic carbocycles. The fraction of sp³-hybridized carbons (Fsp3) is 0.317. The van der Waals surface area contributed by atoms with Crippen molar-refractivity contribution < 1.29 is 14.3 Å². The van der Waals surface area contributed by atoms with Crippen LogP contribution < -0.4 is 10.2 Å². The highest BCUT2D eigenvalue weighted by Crippen LogP contribution is 2.40. The molecule has 5 aromatic rings. The van der Waals surface area contributed by atoms with Gasteiger partial charge in [-0.2, -0.15) is 0 Å². The van der Waals surface area contributed by atoms with E-state index in [1.807, 2.05) is 18.2 Å². The first-order chi connectivity index (χ1) is 22.5. The topological polar surface area (TPSA) is 58.6 Å². The average Bonchev–Trinajstić information content (AvgIpc) is 3.76. The van der Waals surface area contributed by atoms with Crippen molar-refractivity contribution >= 4 is 44.5 Å². The van der Waals surface area contributed by atoms with Crippen LogP contribution >= 0.6 is 0 Å². The van der Waals surface area contributed by atoms with Crippen molar-refractivity contribution in [3.63, 3.8) is 0 Å². The highest BCUT2D eigenvalue weighted by atomic mass is 16.5. The van der Waals surface area contributed by atoms with Crippen LogP contribution in [-0.4, -0.2) is 37.9 Å². The molecule has 0 bridgehead atoms. The highest BCUT2D eigenvalue weighted by molar-refractivity contribution is 6.15.